The van der Waals surface area contributed by atoms with E-state index in [1.807, 2.05) is 11.4 Å². The van der Waals surface area contributed by atoms with Gasteiger partial charge in [0, 0.05) is 23.1 Å². The maximum absolute atomic E-state index is 12.8. The van der Waals surface area contributed by atoms with E-state index in [4.69, 9.17) is 9.47 Å². The molecule has 1 amide bonds. The molecule has 0 aliphatic carbocycles. The van der Waals surface area contributed by atoms with Crippen LogP contribution in [-0.2, 0) is 4.79 Å². The normalized spacial score (nSPS) is 17.5. The third-order valence-corrected chi connectivity index (χ3v) is 5.52. The fraction of sp³-hybridized carbons (Fsp3) is 0.421. The zero-order valence-electron chi connectivity index (χ0n) is 14.8. The topological polar surface area (TPSA) is 80.8 Å². The van der Waals surface area contributed by atoms with E-state index < -0.39 is 0 Å². The van der Waals surface area contributed by atoms with Crippen LogP contribution in [0.15, 0.2) is 29.8 Å². The minimum absolute atomic E-state index is 0.0224. The van der Waals surface area contributed by atoms with Gasteiger partial charge in [0.05, 0.1) is 6.54 Å². The predicted molar refractivity (Wildman–Crippen MR) is 102 cm³/mol. The van der Waals surface area contributed by atoms with E-state index in [0.29, 0.717) is 42.0 Å². The Morgan fingerprint density at radius 3 is 2.70 bits per heavy atom. The minimum Gasteiger partial charge on any atom is -0.486 e. The molecule has 1 fully saturated rings. The van der Waals surface area contributed by atoms with E-state index in [0.717, 1.165) is 25.9 Å². The van der Waals surface area contributed by atoms with Crippen LogP contribution in [-0.4, -0.2) is 54.4 Å². The molecule has 0 spiro atoms. The van der Waals surface area contributed by atoms with Crippen LogP contribution in [0.1, 0.15) is 23.2 Å². The quantitative estimate of drug-likeness (QED) is 0.794. The van der Waals surface area contributed by atoms with E-state index >= 15 is 0 Å². The first kappa shape index (κ1) is 17.9. The van der Waals surface area contributed by atoms with E-state index in [9.17, 15) is 9.59 Å². The number of ether oxygens (including phenoxy) is 2. The molecule has 2 aliphatic heterocycles. The monoisotopic (exact) mass is 387 g/mol. The van der Waals surface area contributed by atoms with Gasteiger partial charge in [0.15, 0.2) is 22.4 Å². The second-order valence-electron chi connectivity index (χ2n) is 6.66. The first-order valence-corrected chi connectivity index (χ1v) is 9.92. The number of anilines is 1. The van der Waals surface area contributed by atoms with Gasteiger partial charge in [-0.15, -0.1) is 11.3 Å². The molecule has 2 aliphatic rings. The highest BCUT2D eigenvalue weighted by Gasteiger charge is 2.27. The Bertz CT molecular complexity index is 816. The summed E-state index contributed by atoms with van der Waals surface area (Å²) in [7, 11) is 0. The SMILES string of the molecule is O=C(CN1CCC(C(=O)c2ccc3c(c2)OCCO3)CC1)Nc1nccs1. The van der Waals surface area contributed by atoms with Crippen molar-refractivity contribution in [2.75, 3.05) is 38.2 Å². The van der Waals surface area contributed by atoms with Gasteiger partial charge in [-0.2, -0.15) is 0 Å². The highest BCUT2D eigenvalue weighted by Crippen LogP contribution is 2.32. The summed E-state index contributed by atoms with van der Waals surface area (Å²) in [5.74, 6) is 1.38. The lowest BCUT2D eigenvalue weighted by molar-refractivity contribution is -0.117. The van der Waals surface area contributed by atoms with Gasteiger partial charge in [-0.05, 0) is 44.1 Å². The molecular formula is C19H21N3O4S. The molecular weight excluding hydrogens is 366 g/mol. The van der Waals surface area contributed by atoms with Crippen molar-refractivity contribution in [1.29, 1.82) is 0 Å². The van der Waals surface area contributed by atoms with Gasteiger partial charge in [0.2, 0.25) is 5.91 Å². The number of thiazole rings is 1. The molecule has 1 aromatic heterocycles. The third-order valence-electron chi connectivity index (χ3n) is 4.83. The number of nitrogens with zero attached hydrogens (tertiary/aromatic N) is 2. The molecule has 1 N–H and O–H groups in total. The number of benzene rings is 1. The largest absolute Gasteiger partial charge is 0.486 e. The van der Waals surface area contributed by atoms with Crippen LogP contribution in [0.2, 0.25) is 0 Å². The Labute approximate surface area is 161 Å². The first-order valence-electron chi connectivity index (χ1n) is 9.04. The minimum atomic E-state index is -0.0680. The molecule has 0 unspecified atom stereocenters. The standard InChI is InChI=1S/C19H21N3O4S/c23-17(21-19-20-5-10-27-19)12-22-6-3-13(4-7-22)18(24)14-1-2-15-16(11-14)26-9-8-25-15/h1-2,5,10-11,13H,3-4,6-9,12H2,(H,20,21,23). The Kier molecular flexibility index (Phi) is 5.35. The van der Waals surface area contributed by atoms with Gasteiger partial charge in [-0.3, -0.25) is 14.5 Å². The zero-order chi connectivity index (χ0) is 18.6. The Hall–Kier alpha value is -2.45. The van der Waals surface area contributed by atoms with Crippen molar-refractivity contribution in [3.8, 4) is 11.5 Å². The Morgan fingerprint density at radius 2 is 1.96 bits per heavy atom. The molecule has 1 aromatic carbocycles. The zero-order valence-corrected chi connectivity index (χ0v) is 15.7. The van der Waals surface area contributed by atoms with E-state index in [-0.39, 0.29) is 17.6 Å². The van der Waals surface area contributed by atoms with Crippen molar-refractivity contribution in [2.45, 2.75) is 12.8 Å². The van der Waals surface area contributed by atoms with Gasteiger partial charge in [-0.1, -0.05) is 0 Å². The molecule has 0 saturated carbocycles. The van der Waals surface area contributed by atoms with Crippen molar-refractivity contribution >= 4 is 28.2 Å². The number of fused-ring (bicyclic) bond motifs is 1. The van der Waals surface area contributed by atoms with E-state index in [1.54, 1.807) is 18.3 Å². The average molecular weight is 387 g/mol. The summed E-state index contributed by atoms with van der Waals surface area (Å²) in [5, 5.41) is 5.23. The van der Waals surface area contributed by atoms with E-state index in [2.05, 4.69) is 15.2 Å². The van der Waals surface area contributed by atoms with Crippen molar-refractivity contribution < 1.29 is 19.1 Å². The second kappa shape index (κ2) is 8.06. The molecule has 0 atom stereocenters. The number of carbonyl (C=O) groups excluding carboxylic acids is 2. The lowest BCUT2D eigenvalue weighted by Crippen LogP contribution is -2.40. The number of piperidine rings is 1. The van der Waals surface area contributed by atoms with Gasteiger partial charge >= 0.3 is 0 Å². The molecule has 0 bridgehead atoms. The van der Waals surface area contributed by atoms with Crippen molar-refractivity contribution in [2.24, 2.45) is 5.92 Å². The maximum atomic E-state index is 12.8. The van der Waals surface area contributed by atoms with Gasteiger partial charge in [0.1, 0.15) is 13.2 Å². The summed E-state index contributed by atoms with van der Waals surface area (Å²) < 4.78 is 11.1. The van der Waals surface area contributed by atoms with Crippen molar-refractivity contribution in [3.63, 3.8) is 0 Å². The summed E-state index contributed by atoms with van der Waals surface area (Å²) in [6.45, 7) is 2.82. The molecule has 142 valence electrons. The second-order valence-corrected chi connectivity index (χ2v) is 7.55. The predicted octanol–water partition coefficient (Wildman–Crippen LogP) is 2.45. The fourth-order valence-corrected chi connectivity index (χ4v) is 3.98. The molecule has 1 saturated heterocycles. The average Bonchev–Trinajstić information content (AvgIpc) is 3.20. The van der Waals surface area contributed by atoms with Crippen LogP contribution < -0.4 is 14.8 Å². The number of rotatable bonds is 5. The maximum Gasteiger partial charge on any atom is 0.240 e. The number of hydrogen-bond acceptors (Lipinski definition) is 7. The summed E-state index contributed by atoms with van der Waals surface area (Å²) >= 11 is 1.40. The Morgan fingerprint density at radius 1 is 1.19 bits per heavy atom. The number of Topliss-reactive ketones (excluding diaryl/α,β-unsaturated/α-hetero) is 1. The first-order chi connectivity index (χ1) is 13.2. The van der Waals surface area contributed by atoms with Crippen LogP contribution in [0.4, 0.5) is 5.13 Å². The van der Waals surface area contributed by atoms with Crippen molar-refractivity contribution in [1.82, 2.24) is 9.88 Å². The van der Waals surface area contributed by atoms with Crippen LogP contribution in [0, 0.1) is 5.92 Å². The molecule has 7 nitrogen and oxygen atoms in total. The lowest BCUT2D eigenvalue weighted by atomic mass is 9.88. The van der Waals surface area contributed by atoms with Gasteiger partial charge in [-0.25, -0.2) is 4.98 Å². The molecule has 3 heterocycles. The summed E-state index contributed by atoms with van der Waals surface area (Å²) in [5.41, 5.74) is 0.666. The Balaban J connectivity index is 1.29. The summed E-state index contributed by atoms with van der Waals surface area (Å²) in [4.78, 5) is 31.0. The third kappa shape index (κ3) is 4.28. The van der Waals surface area contributed by atoms with Crippen molar-refractivity contribution in [3.05, 3.63) is 35.3 Å². The number of ketones is 1. The number of nitrogens with one attached hydrogen (secondary N) is 1. The molecule has 27 heavy (non-hydrogen) atoms. The smallest absolute Gasteiger partial charge is 0.240 e. The molecule has 2 aromatic rings. The van der Waals surface area contributed by atoms with E-state index in [1.165, 1.54) is 11.3 Å². The molecule has 0 radical (unpaired) electrons. The van der Waals surface area contributed by atoms with Crippen LogP contribution in [0.5, 0.6) is 11.5 Å². The highest BCUT2D eigenvalue weighted by atomic mass is 32.1. The fourth-order valence-electron chi connectivity index (χ4n) is 3.43. The highest BCUT2D eigenvalue weighted by molar-refractivity contribution is 7.13. The number of aromatic nitrogens is 1. The van der Waals surface area contributed by atoms with Gasteiger partial charge in [0.25, 0.3) is 0 Å². The lowest BCUT2D eigenvalue weighted by Gasteiger charge is -2.30. The number of hydrogen-bond donors (Lipinski definition) is 1. The number of likely N-dealkylation sites (tertiary alicyclic amines) is 1. The van der Waals surface area contributed by atoms with Crippen LogP contribution in [0.3, 0.4) is 0 Å². The summed E-state index contributed by atoms with van der Waals surface area (Å²) in [6.07, 6.45) is 3.16. The molecule has 8 heteroatoms. The van der Waals surface area contributed by atoms with Gasteiger partial charge < -0.3 is 14.8 Å². The number of amides is 1. The summed E-state index contributed by atoms with van der Waals surface area (Å²) in [6, 6.07) is 5.40. The van der Waals surface area contributed by atoms with Crippen LogP contribution >= 0.6 is 11.3 Å². The van der Waals surface area contributed by atoms with Crippen LogP contribution in [0.25, 0.3) is 0 Å². The molecule has 4 rings (SSSR count). The number of carbonyl (C=O) groups is 2.